The van der Waals surface area contributed by atoms with Crippen LogP contribution >= 0.6 is 11.3 Å². The first-order valence-corrected chi connectivity index (χ1v) is 9.42. The lowest BCUT2D eigenvalue weighted by Gasteiger charge is -2.25. The summed E-state index contributed by atoms with van der Waals surface area (Å²) in [7, 11) is 0. The number of carbonyl (C=O) groups is 1. The molecule has 1 aromatic heterocycles. The van der Waals surface area contributed by atoms with Crippen LogP contribution in [0.2, 0.25) is 0 Å². The lowest BCUT2D eigenvalue weighted by molar-refractivity contribution is 0.215. The Morgan fingerprint density at radius 3 is 2.85 bits per heavy atom. The number of para-hydroxylation sites is 1. The molecule has 2 N–H and O–H groups in total. The minimum absolute atomic E-state index is 0.238. The summed E-state index contributed by atoms with van der Waals surface area (Å²) in [5.74, 6) is 1.22. The molecular weight excluding hydrogens is 346 g/mol. The summed E-state index contributed by atoms with van der Waals surface area (Å²) in [6.07, 6.45) is 0.909. The van der Waals surface area contributed by atoms with Gasteiger partial charge in [0.2, 0.25) is 0 Å². The van der Waals surface area contributed by atoms with E-state index in [0.29, 0.717) is 18.3 Å². The molecule has 1 unspecified atom stereocenters. The number of aromatic nitrogens is 1. The van der Waals surface area contributed by atoms with E-state index in [1.54, 1.807) is 0 Å². The Balaban J connectivity index is 1.29. The smallest absolute Gasteiger partial charge is 0.321 e. The number of benzene rings is 2. The van der Waals surface area contributed by atoms with Crippen LogP contribution in [0.15, 0.2) is 60.0 Å². The molecule has 0 spiro atoms. The highest BCUT2D eigenvalue weighted by molar-refractivity contribution is 7.14. The largest absolute Gasteiger partial charge is 0.493 e. The summed E-state index contributed by atoms with van der Waals surface area (Å²) in [6.45, 7) is 1.18. The fraction of sp³-hybridized carbons (Fsp3) is 0.200. The van der Waals surface area contributed by atoms with Crippen molar-refractivity contribution in [2.45, 2.75) is 6.42 Å². The predicted octanol–water partition coefficient (Wildman–Crippen LogP) is 4.18. The molecule has 1 aliphatic rings. The van der Waals surface area contributed by atoms with Crippen LogP contribution in [-0.2, 0) is 6.42 Å². The first-order valence-electron chi connectivity index (χ1n) is 8.54. The number of nitrogens with zero attached hydrogens (tertiary/aromatic N) is 1. The first-order chi connectivity index (χ1) is 12.8. The molecule has 132 valence electrons. The van der Waals surface area contributed by atoms with E-state index >= 15 is 0 Å². The second-order valence-electron chi connectivity index (χ2n) is 6.23. The topological polar surface area (TPSA) is 63.2 Å². The molecule has 0 saturated heterocycles. The minimum atomic E-state index is -0.238. The highest BCUT2D eigenvalue weighted by Crippen LogP contribution is 2.27. The third kappa shape index (κ3) is 3.86. The van der Waals surface area contributed by atoms with E-state index in [4.69, 9.17) is 4.74 Å². The van der Waals surface area contributed by atoms with E-state index < -0.39 is 0 Å². The number of rotatable bonds is 4. The van der Waals surface area contributed by atoms with Crippen LogP contribution in [0.5, 0.6) is 5.75 Å². The molecular formula is C20H19N3O2S. The third-order valence-electron chi connectivity index (χ3n) is 4.30. The lowest BCUT2D eigenvalue weighted by Crippen LogP contribution is -2.37. The second kappa shape index (κ2) is 7.58. The number of anilines is 1. The van der Waals surface area contributed by atoms with Gasteiger partial charge in [0.05, 0.1) is 12.3 Å². The number of ether oxygens (including phenoxy) is 1. The van der Waals surface area contributed by atoms with Gasteiger partial charge in [-0.05, 0) is 18.1 Å². The highest BCUT2D eigenvalue weighted by atomic mass is 32.1. The van der Waals surface area contributed by atoms with E-state index in [1.165, 1.54) is 16.9 Å². The maximum Gasteiger partial charge on any atom is 0.321 e. The van der Waals surface area contributed by atoms with E-state index in [-0.39, 0.29) is 11.9 Å². The molecule has 26 heavy (non-hydrogen) atoms. The maximum atomic E-state index is 12.2. The van der Waals surface area contributed by atoms with Crippen molar-refractivity contribution in [2.24, 2.45) is 5.92 Å². The minimum Gasteiger partial charge on any atom is -0.493 e. The number of hydrogen-bond acceptors (Lipinski definition) is 4. The molecule has 0 aliphatic carbocycles. The fourth-order valence-electron chi connectivity index (χ4n) is 2.97. The van der Waals surface area contributed by atoms with Crippen LogP contribution in [-0.4, -0.2) is 24.2 Å². The van der Waals surface area contributed by atoms with Gasteiger partial charge < -0.3 is 10.1 Å². The number of hydrogen-bond donors (Lipinski definition) is 2. The molecule has 0 saturated carbocycles. The van der Waals surface area contributed by atoms with E-state index in [2.05, 4.69) is 21.7 Å². The lowest BCUT2D eigenvalue weighted by atomic mass is 9.97. The van der Waals surface area contributed by atoms with Crippen molar-refractivity contribution < 1.29 is 9.53 Å². The monoisotopic (exact) mass is 365 g/mol. The Kier molecular flexibility index (Phi) is 4.84. The van der Waals surface area contributed by atoms with Crippen molar-refractivity contribution >= 4 is 22.5 Å². The summed E-state index contributed by atoms with van der Waals surface area (Å²) in [6, 6.07) is 17.7. The normalized spacial score (nSPS) is 15.6. The number of thiazole rings is 1. The van der Waals surface area contributed by atoms with Gasteiger partial charge in [-0.1, -0.05) is 48.5 Å². The van der Waals surface area contributed by atoms with Gasteiger partial charge >= 0.3 is 6.03 Å². The van der Waals surface area contributed by atoms with Crippen molar-refractivity contribution in [1.29, 1.82) is 0 Å². The van der Waals surface area contributed by atoms with Crippen molar-refractivity contribution in [3.63, 3.8) is 0 Å². The predicted molar refractivity (Wildman–Crippen MR) is 104 cm³/mol. The SMILES string of the molecule is O=C(NCC1COc2ccccc2C1)Nc1nc(-c2ccccc2)cs1. The van der Waals surface area contributed by atoms with Gasteiger partial charge in [-0.15, -0.1) is 11.3 Å². The van der Waals surface area contributed by atoms with Gasteiger partial charge in [-0.25, -0.2) is 9.78 Å². The number of fused-ring (bicyclic) bond motifs is 1. The summed E-state index contributed by atoms with van der Waals surface area (Å²) < 4.78 is 5.76. The fourth-order valence-corrected chi connectivity index (χ4v) is 3.69. The van der Waals surface area contributed by atoms with Gasteiger partial charge in [-0.2, -0.15) is 0 Å². The van der Waals surface area contributed by atoms with Crippen molar-refractivity contribution in [1.82, 2.24) is 10.3 Å². The number of nitrogens with one attached hydrogen (secondary N) is 2. The number of carbonyl (C=O) groups excluding carboxylic acids is 1. The molecule has 5 nitrogen and oxygen atoms in total. The third-order valence-corrected chi connectivity index (χ3v) is 5.06. The molecule has 2 aromatic carbocycles. The standard InChI is InChI=1S/C20H19N3O2S/c24-19(21-11-14-10-16-8-4-5-9-18(16)25-12-14)23-20-22-17(13-26-20)15-6-2-1-3-7-15/h1-9,13-14H,10-12H2,(H2,21,22,23,24). The van der Waals surface area contributed by atoms with Crippen LogP contribution in [0.4, 0.5) is 9.93 Å². The zero-order chi connectivity index (χ0) is 17.8. The summed E-state index contributed by atoms with van der Waals surface area (Å²) in [5.41, 5.74) is 3.09. The van der Waals surface area contributed by atoms with Gasteiger partial charge in [0.25, 0.3) is 0 Å². The zero-order valence-electron chi connectivity index (χ0n) is 14.1. The van der Waals surface area contributed by atoms with Crippen LogP contribution in [0.25, 0.3) is 11.3 Å². The zero-order valence-corrected chi connectivity index (χ0v) is 15.0. The van der Waals surface area contributed by atoms with Gasteiger partial charge in [-0.3, -0.25) is 5.32 Å². The van der Waals surface area contributed by atoms with E-state index in [9.17, 15) is 4.79 Å². The Bertz CT molecular complexity index is 895. The summed E-state index contributed by atoms with van der Waals surface area (Å²) in [5, 5.41) is 8.26. The van der Waals surface area contributed by atoms with Crippen LogP contribution in [0, 0.1) is 5.92 Å². The Morgan fingerprint density at radius 1 is 1.15 bits per heavy atom. The molecule has 1 atom stereocenters. The van der Waals surface area contributed by atoms with Gasteiger partial charge in [0.15, 0.2) is 5.13 Å². The molecule has 0 fully saturated rings. The molecule has 0 radical (unpaired) electrons. The average Bonchev–Trinajstić information content (AvgIpc) is 3.15. The Labute approximate surface area is 156 Å². The summed E-state index contributed by atoms with van der Waals surface area (Å²) in [4.78, 5) is 16.6. The molecule has 4 rings (SSSR count). The van der Waals surface area contributed by atoms with Crippen LogP contribution < -0.4 is 15.4 Å². The molecule has 3 aromatic rings. The van der Waals surface area contributed by atoms with Crippen LogP contribution in [0.1, 0.15) is 5.56 Å². The van der Waals surface area contributed by atoms with Crippen molar-refractivity contribution in [3.8, 4) is 17.0 Å². The maximum absolute atomic E-state index is 12.2. The quantitative estimate of drug-likeness (QED) is 0.729. The molecule has 1 aliphatic heterocycles. The van der Waals surface area contributed by atoms with E-state index in [1.807, 2.05) is 53.9 Å². The van der Waals surface area contributed by atoms with Gasteiger partial charge in [0.1, 0.15) is 5.75 Å². The van der Waals surface area contributed by atoms with E-state index in [0.717, 1.165) is 23.4 Å². The van der Waals surface area contributed by atoms with Crippen LogP contribution in [0.3, 0.4) is 0 Å². The first kappa shape index (κ1) is 16.6. The Morgan fingerprint density at radius 2 is 1.96 bits per heavy atom. The van der Waals surface area contributed by atoms with Crippen molar-refractivity contribution in [2.75, 3.05) is 18.5 Å². The molecule has 2 heterocycles. The molecule has 6 heteroatoms. The van der Waals surface area contributed by atoms with Gasteiger partial charge in [0, 0.05) is 23.4 Å². The Hall–Kier alpha value is -2.86. The highest BCUT2D eigenvalue weighted by Gasteiger charge is 2.20. The summed E-state index contributed by atoms with van der Waals surface area (Å²) >= 11 is 1.42. The number of amides is 2. The van der Waals surface area contributed by atoms with Crippen molar-refractivity contribution in [3.05, 3.63) is 65.5 Å². The average molecular weight is 365 g/mol. The number of urea groups is 1. The second-order valence-corrected chi connectivity index (χ2v) is 7.09. The molecule has 0 bridgehead atoms. The molecule has 2 amide bonds.